The minimum absolute atomic E-state index is 0.168. The highest BCUT2D eigenvalue weighted by atomic mass is 79.9. The molecule has 1 aromatic rings. The molecule has 1 aromatic carbocycles. The SMILES string of the molecule is CCC(CCBr)CNC(=O)c1ccc(S(C)(=O)=O)cc1. The molecule has 0 fully saturated rings. The third-order valence-corrected chi connectivity index (χ3v) is 4.78. The van der Waals surface area contributed by atoms with E-state index in [1.165, 1.54) is 24.3 Å². The van der Waals surface area contributed by atoms with Gasteiger partial charge in [-0.1, -0.05) is 29.3 Å². The van der Waals surface area contributed by atoms with Crippen molar-refractivity contribution >= 4 is 31.7 Å². The van der Waals surface area contributed by atoms with E-state index in [-0.39, 0.29) is 10.8 Å². The van der Waals surface area contributed by atoms with Gasteiger partial charge in [-0.2, -0.15) is 0 Å². The molecule has 0 saturated carbocycles. The molecule has 1 N–H and O–H groups in total. The van der Waals surface area contributed by atoms with E-state index < -0.39 is 9.84 Å². The first-order chi connectivity index (χ1) is 9.38. The van der Waals surface area contributed by atoms with E-state index in [0.717, 1.165) is 24.4 Å². The van der Waals surface area contributed by atoms with Crippen LogP contribution in [0.3, 0.4) is 0 Å². The smallest absolute Gasteiger partial charge is 0.251 e. The number of hydrogen-bond acceptors (Lipinski definition) is 3. The van der Waals surface area contributed by atoms with E-state index in [0.29, 0.717) is 18.0 Å². The van der Waals surface area contributed by atoms with Crippen molar-refractivity contribution < 1.29 is 13.2 Å². The van der Waals surface area contributed by atoms with Crippen LogP contribution in [0.4, 0.5) is 0 Å². The van der Waals surface area contributed by atoms with Crippen molar-refractivity contribution in [2.75, 3.05) is 18.1 Å². The Kier molecular flexibility index (Phi) is 6.68. The number of alkyl halides is 1. The fourth-order valence-electron chi connectivity index (χ4n) is 1.80. The van der Waals surface area contributed by atoms with Crippen LogP contribution in [0.5, 0.6) is 0 Å². The summed E-state index contributed by atoms with van der Waals surface area (Å²) in [5.41, 5.74) is 0.478. The summed E-state index contributed by atoms with van der Waals surface area (Å²) >= 11 is 3.40. The van der Waals surface area contributed by atoms with Gasteiger partial charge in [-0.25, -0.2) is 8.42 Å². The molecule has 0 aliphatic heterocycles. The molecule has 0 bridgehead atoms. The summed E-state index contributed by atoms with van der Waals surface area (Å²) in [4.78, 5) is 12.2. The molecule has 20 heavy (non-hydrogen) atoms. The van der Waals surface area contributed by atoms with E-state index in [9.17, 15) is 13.2 Å². The number of halogens is 1. The summed E-state index contributed by atoms with van der Waals surface area (Å²) in [5.74, 6) is 0.284. The highest BCUT2D eigenvalue weighted by Crippen LogP contribution is 2.11. The van der Waals surface area contributed by atoms with Crippen LogP contribution in [-0.4, -0.2) is 32.5 Å². The Bertz CT molecular complexity index is 540. The second-order valence-electron chi connectivity index (χ2n) is 4.76. The van der Waals surface area contributed by atoms with Crippen molar-refractivity contribution in [2.24, 2.45) is 5.92 Å². The fourth-order valence-corrected chi connectivity index (χ4v) is 3.08. The number of rotatable bonds is 7. The quantitative estimate of drug-likeness (QED) is 0.759. The lowest BCUT2D eigenvalue weighted by Crippen LogP contribution is -2.29. The average molecular weight is 362 g/mol. The molecule has 0 aliphatic carbocycles. The molecule has 0 aromatic heterocycles. The Balaban J connectivity index is 2.64. The van der Waals surface area contributed by atoms with Crippen LogP contribution in [0.15, 0.2) is 29.2 Å². The molecule has 0 spiro atoms. The van der Waals surface area contributed by atoms with E-state index in [1.54, 1.807) is 0 Å². The van der Waals surface area contributed by atoms with Gasteiger partial charge in [0.15, 0.2) is 9.84 Å². The van der Waals surface area contributed by atoms with E-state index >= 15 is 0 Å². The van der Waals surface area contributed by atoms with Gasteiger partial charge in [0.25, 0.3) is 5.91 Å². The Labute approximate surface area is 129 Å². The first kappa shape index (κ1) is 17.2. The summed E-state index contributed by atoms with van der Waals surface area (Å²) in [6.07, 6.45) is 3.18. The highest BCUT2D eigenvalue weighted by Gasteiger charge is 2.11. The summed E-state index contributed by atoms with van der Waals surface area (Å²) in [6.45, 7) is 2.73. The number of carbonyl (C=O) groups excluding carboxylic acids is 1. The van der Waals surface area contributed by atoms with Gasteiger partial charge in [0.1, 0.15) is 0 Å². The molecule has 1 amide bonds. The summed E-state index contributed by atoms with van der Waals surface area (Å²) in [6, 6.07) is 5.99. The third kappa shape index (κ3) is 5.25. The van der Waals surface area contributed by atoms with Gasteiger partial charge in [0.2, 0.25) is 0 Å². The van der Waals surface area contributed by atoms with Crippen molar-refractivity contribution in [2.45, 2.75) is 24.7 Å². The van der Waals surface area contributed by atoms with Crippen molar-refractivity contribution in [1.29, 1.82) is 0 Å². The number of amides is 1. The Morgan fingerprint density at radius 3 is 2.35 bits per heavy atom. The number of sulfone groups is 1. The summed E-state index contributed by atoms with van der Waals surface area (Å²) in [5, 5.41) is 3.80. The van der Waals surface area contributed by atoms with Crippen molar-refractivity contribution in [3.05, 3.63) is 29.8 Å². The lowest BCUT2D eigenvalue weighted by Gasteiger charge is -2.14. The first-order valence-electron chi connectivity index (χ1n) is 6.52. The van der Waals surface area contributed by atoms with Gasteiger partial charge in [-0.15, -0.1) is 0 Å². The zero-order valence-corrected chi connectivity index (χ0v) is 14.1. The van der Waals surface area contributed by atoms with Gasteiger partial charge in [-0.3, -0.25) is 4.79 Å². The Morgan fingerprint density at radius 1 is 1.30 bits per heavy atom. The molecule has 4 nitrogen and oxygen atoms in total. The second kappa shape index (κ2) is 7.78. The lowest BCUT2D eigenvalue weighted by molar-refractivity contribution is 0.0946. The molecule has 0 aliphatic rings. The number of hydrogen-bond donors (Lipinski definition) is 1. The van der Waals surface area contributed by atoms with Crippen molar-refractivity contribution in [3.8, 4) is 0 Å². The molecule has 6 heteroatoms. The minimum atomic E-state index is -3.22. The van der Waals surface area contributed by atoms with E-state index in [4.69, 9.17) is 0 Å². The molecular formula is C14H20BrNO3S. The Morgan fingerprint density at radius 2 is 1.90 bits per heavy atom. The van der Waals surface area contributed by atoms with Crippen LogP contribution in [-0.2, 0) is 9.84 Å². The second-order valence-corrected chi connectivity index (χ2v) is 7.57. The molecule has 1 rings (SSSR count). The van der Waals surface area contributed by atoms with Gasteiger partial charge < -0.3 is 5.32 Å². The van der Waals surface area contributed by atoms with Crippen LogP contribution in [0.25, 0.3) is 0 Å². The first-order valence-corrected chi connectivity index (χ1v) is 9.54. The predicted octanol–water partition coefficient (Wildman–Crippen LogP) is 2.63. The topological polar surface area (TPSA) is 63.2 Å². The van der Waals surface area contributed by atoms with Gasteiger partial charge >= 0.3 is 0 Å². The van der Waals surface area contributed by atoms with Crippen LogP contribution in [0, 0.1) is 5.92 Å². The largest absolute Gasteiger partial charge is 0.352 e. The maximum atomic E-state index is 12.0. The normalized spacial score (nSPS) is 12.9. The van der Waals surface area contributed by atoms with Gasteiger partial charge in [0.05, 0.1) is 4.90 Å². The lowest BCUT2D eigenvalue weighted by atomic mass is 10.0. The molecule has 1 unspecified atom stereocenters. The molecule has 0 radical (unpaired) electrons. The molecular weight excluding hydrogens is 342 g/mol. The van der Waals surface area contributed by atoms with Crippen LogP contribution in [0.2, 0.25) is 0 Å². The molecule has 1 atom stereocenters. The van der Waals surface area contributed by atoms with E-state index in [2.05, 4.69) is 28.2 Å². The maximum absolute atomic E-state index is 12.0. The monoisotopic (exact) mass is 361 g/mol. The summed E-state index contributed by atoms with van der Waals surface area (Å²) < 4.78 is 22.7. The highest BCUT2D eigenvalue weighted by molar-refractivity contribution is 9.09. The zero-order chi connectivity index (χ0) is 15.2. The minimum Gasteiger partial charge on any atom is -0.352 e. The average Bonchev–Trinajstić information content (AvgIpc) is 2.42. The fraction of sp³-hybridized carbons (Fsp3) is 0.500. The number of nitrogens with one attached hydrogen (secondary N) is 1. The Hall–Kier alpha value is -0.880. The van der Waals surface area contributed by atoms with Crippen molar-refractivity contribution in [3.63, 3.8) is 0 Å². The van der Waals surface area contributed by atoms with Gasteiger partial charge in [-0.05, 0) is 36.6 Å². The van der Waals surface area contributed by atoms with Crippen LogP contribution >= 0.6 is 15.9 Å². The third-order valence-electron chi connectivity index (χ3n) is 3.19. The van der Waals surface area contributed by atoms with Crippen molar-refractivity contribution in [1.82, 2.24) is 5.32 Å². The zero-order valence-electron chi connectivity index (χ0n) is 11.7. The van der Waals surface area contributed by atoms with Crippen LogP contribution in [0.1, 0.15) is 30.1 Å². The number of carbonyl (C=O) groups is 1. The van der Waals surface area contributed by atoms with E-state index in [1.807, 2.05) is 0 Å². The van der Waals surface area contributed by atoms with Crippen LogP contribution < -0.4 is 5.32 Å². The molecule has 0 heterocycles. The van der Waals surface area contributed by atoms with Gasteiger partial charge in [0, 0.05) is 23.7 Å². The standard InChI is InChI=1S/C14H20BrNO3S/c1-3-11(8-9-15)10-16-14(17)12-4-6-13(7-5-12)20(2,18)19/h4-7,11H,3,8-10H2,1-2H3,(H,16,17). The molecule has 112 valence electrons. The number of benzene rings is 1. The predicted molar refractivity (Wildman–Crippen MR) is 84.1 cm³/mol. The maximum Gasteiger partial charge on any atom is 0.251 e. The molecule has 0 saturated heterocycles. The summed E-state index contributed by atoms with van der Waals surface area (Å²) in [7, 11) is -3.22.